The first kappa shape index (κ1) is 17.1. The highest BCUT2D eigenvalue weighted by molar-refractivity contribution is 6.30. The van der Waals surface area contributed by atoms with E-state index < -0.39 is 0 Å². The van der Waals surface area contributed by atoms with E-state index in [9.17, 15) is 4.79 Å². The summed E-state index contributed by atoms with van der Waals surface area (Å²) in [5.41, 5.74) is 3.65. The van der Waals surface area contributed by atoms with Gasteiger partial charge in [-0.1, -0.05) is 30.7 Å². The fourth-order valence-electron chi connectivity index (χ4n) is 3.54. The van der Waals surface area contributed by atoms with Crippen molar-refractivity contribution in [3.63, 3.8) is 0 Å². The maximum atomic E-state index is 11.9. The molecule has 0 radical (unpaired) electrons. The summed E-state index contributed by atoms with van der Waals surface area (Å²) in [6.07, 6.45) is 1.75. The van der Waals surface area contributed by atoms with Crippen LogP contribution in [0.1, 0.15) is 23.6 Å². The molecule has 4 nitrogen and oxygen atoms in total. The van der Waals surface area contributed by atoms with Crippen LogP contribution in [-0.4, -0.2) is 13.3 Å². The summed E-state index contributed by atoms with van der Waals surface area (Å²) in [6, 6.07) is 13.5. The molecule has 5 heteroatoms. The first-order valence-electron chi connectivity index (χ1n) is 8.93. The summed E-state index contributed by atoms with van der Waals surface area (Å²) < 4.78 is 11.5. The Balaban J connectivity index is 1.60. The number of fused-ring (bicyclic) bond motifs is 3. The topological polar surface area (TPSA) is 43.9 Å². The van der Waals surface area contributed by atoms with Crippen LogP contribution in [-0.2, 0) is 19.4 Å². The van der Waals surface area contributed by atoms with Gasteiger partial charge < -0.3 is 9.15 Å². The minimum absolute atomic E-state index is 0.295. The zero-order valence-corrected chi connectivity index (χ0v) is 15.4. The molecule has 3 aromatic rings. The predicted octanol–water partition coefficient (Wildman–Crippen LogP) is 2.99. The molecule has 4 rings (SSSR count). The monoisotopic (exact) mass is 370 g/mol. The number of benzene rings is 2. The Kier molecular flexibility index (Phi) is 4.70. The molecule has 1 unspecified atom stereocenters. The smallest absolute Gasteiger partial charge is 0.336 e. The van der Waals surface area contributed by atoms with Crippen LogP contribution in [0.2, 0.25) is 5.02 Å². The Morgan fingerprint density at radius 3 is 2.73 bits per heavy atom. The number of hydrogen-bond donors (Lipinski definition) is 1. The van der Waals surface area contributed by atoms with Gasteiger partial charge in [0.1, 0.15) is 12.3 Å². The number of hydrogen-bond acceptors (Lipinski definition) is 3. The van der Waals surface area contributed by atoms with Crippen molar-refractivity contribution < 1.29 is 14.1 Å². The van der Waals surface area contributed by atoms with Crippen LogP contribution in [0.25, 0.3) is 11.0 Å². The van der Waals surface area contributed by atoms with E-state index in [1.54, 1.807) is 6.07 Å². The van der Waals surface area contributed by atoms with Gasteiger partial charge in [0, 0.05) is 22.9 Å². The number of quaternary nitrogens is 1. The Hall–Kier alpha value is -2.30. The van der Waals surface area contributed by atoms with E-state index in [2.05, 4.69) is 12.1 Å². The molecule has 2 heterocycles. The number of rotatable bonds is 4. The maximum Gasteiger partial charge on any atom is 0.336 e. The van der Waals surface area contributed by atoms with Gasteiger partial charge in [0.15, 0.2) is 5.58 Å². The number of nitrogens with one attached hydrogen (secondary N) is 1. The van der Waals surface area contributed by atoms with E-state index in [0.717, 1.165) is 53.2 Å². The predicted molar refractivity (Wildman–Crippen MR) is 102 cm³/mol. The zero-order chi connectivity index (χ0) is 18.1. The molecule has 2 aromatic carbocycles. The minimum atomic E-state index is -0.295. The Morgan fingerprint density at radius 1 is 1.15 bits per heavy atom. The highest BCUT2D eigenvalue weighted by atomic mass is 35.5. The molecular formula is C21H21ClNO3+. The molecule has 0 amide bonds. The summed E-state index contributed by atoms with van der Waals surface area (Å²) >= 11 is 5.95. The molecule has 1 atom stereocenters. The van der Waals surface area contributed by atoms with Crippen molar-refractivity contribution in [1.29, 1.82) is 0 Å². The van der Waals surface area contributed by atoms with Crippen LogP contribution >= 0.6 is 11.6 Å². The van der Waals surface area contributed by atoms with E-state index >= 15 is 0 Å². The largest absolute Gasteiger partial charge is 0.445 e. The SMILES string of the molecule is CCc1cc(=O)oc2c3c(ccc12)OC[NH+](CCc1ccc(Cl)cc1)C3. The van der Waals surface area contributed by atoms with Crippen LogP contribution < -0.4 is 15.3 Å². The summed E-state index contributed by atoms with van der Waals surface area (Å²) in [5.74, 6) is 0.823. The Morgan fingerprint density at radius 2 is 1.96 bits per heavy atom. The lowest BCUT2D eigenvalue weighted by Gasteiger charge is -2.26. The van der Waals surface area contributed by atoms with E-state index in [4.69, 9.17) is 20.8 Å². The minimum Gasteiger partial charge on any atom is -0.445 e. The molecule has 1 aliphatic rings. The van der Waals surface area contributed by atoms with Gasteiger partial charge in [-0.25, -0.2) is 4.79 Å². The van der Waals surface area contributed by atoms with Crippen molar-refractivity contribution in [3.05, 3.63) is 74.6 Å². The lowest BCUT2D eigenvalue weighted by Crippen LogP contribution is -3.12. The number of aryl methyl sites for hydroxylation is 1. The molecule has 26 heavy (non-hydrogen) atoms. The highest BCUT2D eigenvalue weighted by Gasteiger charge is 2.24. The van der Waals surface area contributed by atoms with Crippen molar-refractivity contribution in [2.24, 2.45) is 0 Å². The Bertz CT molecular complexity index is 995. The fourth-order valence-corrected chi connectivity index (χ4v) is 3.66. The van der Waals surface area contributed by atoms with Crippen molar-refractivity contribution in [3.8, 4) is 5.75 Å². The average molecular weight is 371 g/mol. The first-order valence-corrected chi connectivity index (χ1v) is 9.31. The van der Waals surface area contributed by atoms with E-state index in [0.29, 0.717) is 12.3 Å². The molecule has 1 aliphatic heterocycles. The zero-order valence-electron chi connectivity index (χ0n) is 14.7. The molecular weight excluding hydrogens is 350 g/mol. The van der Waals surface area contributed by atoms with Gasteiger partial charge in [0.05, 0.1) is 12.1 Å². The van der Waals surface area contributed by atoms with Gasteiger partial charge in [-0.3, -0.25) is 4.90 Å². The second kappa shape index (κ2) is 7.14. The van der Waals surface area contributed by atoms with E-state index in [-0.39, 0.29) is 5.63 Å². The lowest BCUT2D eigenvalue weighted by atomic mass is 10.0. The summed E-state index contributed by atoms with van der Waals surface area (Å²) in [6.45, 7) is 4.39. The average Bonchev–Trinajstić information content (AvgIpc) is 2.66. The third-order valence-corrected chi connectivity index (χ3v) is 5.23. The molecule has 0 saturated carbocycles. The van der Waals surface area contributed by atoms with Crippen LogP contribution in [0.4, 0.5) is 0 Å². The van der Waals surface area contributed by atoms with E-state index in [1.165, 1.54) is 10.5 Å². The first-order chi connectivity index (χ1) is 12.6. The van der Waals surface area contributed by atoms with Gasteiger partial charge in [0.2, 0.25) is 6.73 Å². The normalized spacial score (nSPS) is 16.3. The third kappa shape index (κ3) is 3.35. The molecule has 0 fully saturated rings. The molecule has 0 bridgehead atoms. The quantitative estimate of drug-likeness (QED) is 0.718. The summed E-state index contributed by atoms with van der Waals surface area (Å²) in [7, 11) is 0. The van der Waals surface area contributed by atoms with Crippen LogP contribution in [0.3, 0.4) is 0 Å². The number of halogens is 1. The molecule has 1 N–H and O–H groups in total. The molecule has 0 spiro atoms. The van der Waals surface area contributed by atoms with Crippen molar-refractivity contribution in [2.45, 2.75) is 26.3 Å². The Labute approximate surface area is 156 Å². The standard InChI is InChI=1S/C21H20ClNO3/c1-2-15-11-20(24)26-21-17(15)7-8-19-18(21)12-23(13-25-19)10-9-14-3-5-16(22)6-4-14/h3-8,11H,2,9-10,12-13H2,1H3/p+1. The van der Waals surface area contributed by atoms with Gasteiger partial charge in [-0.05, 0) is 41.8 Å². The molecule has 0 saturated heterocycles. The van der Waals surface area contributed by atoms with Gasteiger partial charge in [-0.2, -0.15) is 0 Å². The second-order valence-electron chi connectivity index (χ2n) is 6.71. The maximum absolute atomic E-state index is 11.9. The molecule has 1 aromatic heterocycles. The fraction of sp³-hybridized carbons (Fsp3) is 0.286. The summed E-state index contributed by atoms with van der Waals surface area (Å²) in [4.78, 5) is 13.3. The second-order valence-corrected chi connectivity index (χ2v) is 7.14. The van der Waals surface area contributed by atoms with Crippen molar-refractivity contribution >= 4 is 22.6 Å². The van der Waals surface area contributed by atoms with Crippen molar-refractivity contribution in [1.82, 2.24) is 0 Å². The molecule has 0 aliphatic carbocycles. The van der Waals surface area contributed by atoms with Gasteiger partial charge in [-0.15, -0.1) is 0 Å². The summed E-state index contributed by atoms with van der Waals surface area (Å²) in [5, 5.41) is 1.76. The number of ether oxygens (including phenoxy) is 1. The highest BCUT2D eigenvalue weighted by Crippen LogP contribution is 2.30. The van der Waals surface area contributed by atoms with Gasteiger partial charge in [0.25, 0.3) is 0 Å². The van der Waals surface area contributed by atoms with E-state index in [1.807, 2.05) is 31.2 Å². The van der Waals surface area contributed by atoms with Gasteiger partial charge >= 0.3 is 5.63 Å². The third-order valence-electron chi connectivity index (χ3n) is 4.98. The van der Waals surface area contributed by atoms with Crippen molar-refractivity contribution in [2.75, 3.05) is 13.3 Å². The lowest BCUT2D eigenvalue weighted by molar-refractivity contribution is -0.932. The van der Waals surface area contributed by atoms with Crippen LogP contribution in [0, 0.1) is 0 Å². The van der Waals surface area contributed by atoms with Crippen LogP contribution in [0.15, 0.2) is 51.7 Å². The molecule has 134 valence electrons. The van der Waals surface area contributed by atoms with Crippen LogP contribution in [0.5, 0.6) is 5.75 Å².